The summed E-state index contributed by atoms with van der Waals surface area (Å²) in [6.45, 7) is 0. The van der Waals surface area contributed by atoms with Crippen LogP contribution in [0.4, 0.5) is 0 Å². The Morgan fingerprint density at radius 1 is 1.11 bits per heavy atom. The molecule has 1 N–H and O–H groups in total. The van der Waals surface area contributed by atoms with Gasteiger partial charge in [-0.05, 0) is 24.3 Å². The van der Waals surface area contributed by atoms with Crippen molar-refractivity contribution in [1.82, 2.24) is 19.6 Å². The molecule has 0 spiro atoms. The van der Waals surface area contributed by atoms with Crippen molar-refractivity contribution in [1.29, 1.82) is 0 Å². The summed E-state index contributed by atoms with van der Waals surface area (Å²) in [6, 6.07) is 11.6. The van der Waals surface area contributed by atoms with E-state index >= 15 is 0 Å². The second-order valence-corrected chi connectivity index (χ2v) is 4.72. The number of aromatic nitrogens is 4. The second-order valence-electron chi connectivity index (χ2n) is 4.31. The Morgan fingerprint density at radius 2 is 2.05 bits per heavy atom. The standard InChI is InChI=1S/C14H9ClN4/c15-10-4-3-5-11-13(10)18-14(17-11)9-8-16-19-7-2-1-6-12(9)19/h1-8H,(H,17,18). The Kier molecular flexibility index (Phi) is 2.13. The zero-order valence-corrected chi connectivity index (χ0v) is 10.6. The topological polar surface area (TPSA) is 46.0 Å². The smallest absolute Gasteiger partial charge is 0.142 e. The molecule has 92 valence electrons. The highest BCUT2D eigenvalue weighted by atomic mass is 35.5. The lowest BCUT2D eigenvalue weighted by Gasteiger charge is -1.93. The third-order valence-electron chi connectivity index (χ3n) is 3.15. The molecule has 4 rings (SSSR count). The highest BCUT2D eigenvalue weighted by Crippen LogP contribution is 2.27. The van der Waals surface area contributed by atoms with Crippen molar-refractivity contribution < 1.29 is 0 Å². The summed E-state index contributed by atoms with van der Waals surface area (Å²) < 4.78 is 1.82. The van der Waals surface area contributed by atoms with Crippen LogP contribution in [0.2, 0.25) is 5.02 Å². The van der Waals surface area contributed by atoms with Gasteiger partial charge in [0.05, 0.1) is 27.8 Å². The Hall–Kier alpha value is -2.33. The van der Waals surface area contributed by atoms with Gasteiger partial charge in [-0.15, -0.1) is 0 Å². The van der Waals surface area contributed by atoms with Crippen LogP contribution >= 0.6 is 11.6 Å². The van der Waals surface area contributed by atoms with Crippen LogP contribution in [0.5, 0.6) is 0 Å². The number of benzene rings is 1. The number of halogens is 1. The van der Waals surface area contributed by atoms with Gasteiger partial charge < -0.3 is 4.98 Å². The van der Waals surface area contributed by atoms with Crippen molar-refractivity contribution in [3.63, 3.8) is 0 Å². The molecule has 4 nitrogen and oxygen atoms in total. The van der Waals surface area contributed by atoms with Crippen molar-refractivity contribution in [2.24, 2.45) is 0 Å². The lowest BCUT2D eigenvalue weighted by atomic mass is 10.2. The quantitative estimate of drug-likeness (QED) is 0.574. The summed E-state index contributed by atoms with van der Waals surface area (Å²) in [4.78, 5) is 7.85. The van der Waals surface area contributed by atoms with Gasteiger partial charge in [0.1, 0.15) is 11.3 Å². The summed E-state index contributed by atoms with van der Waals surface area (Å²) in [5.74, 6) is 0.782. The van der Waals surface area contributed by atoms with Crippen molar-refractivity contribution in [3.05, 3.63) is 53.8 Å². The van der Waals surface area contributed by atoms with E-state index in [9.17, 15) is 0 Å². The average molecular weight is 269 g/mol. The number of aromatic amines is 1. The lowest BCUT2D eigenvalue weighted by molar-refractivity contribution is 0.961. The van der Waals surface area contributed by atoms with Crippen LogP contribution < -0.4 is 0 Å². The summed E-state index contributed by atoms with van der Waals surface area (Å²) >= 11 is 6.15. The van der Waals surface area contributed by atoms with Gasteiger partial charge in [-0.25, -0.2) is 9.50 Å². The van der Waals surface area contributed by atoms with E-state index < -0.39 is 0 Å². The van der Waals surface area contributed by atoms with E-state index in [1.165, 1.54) is 0 Å². The second kappa shape index (κ2) is 3.83. The predicted molar refractivity (Wildman–Crippen MR) is 75.3 cm³/mol. The van der Waals surface area contributed by atoms with Crippen LogP contribution in [0.3, 0.4) is 0 Å². The van der Waals surface area contributed by atoms with Crippen LogP contribution in [0, 0.1) is 0 Å². The zero-order valence-electron chi connectivity index (χ0n) is 9.84. The number of hydrogen-bond donors (Lipinski definition) is 1. The number of fused-ring (bicyclic) bond motifs is 2. The number of imidazole rings is 1. The molecule has 0 aliphatic heterocycles. The lowest BCUT2D eigenvalue weighted by Crippen LogP contribution is -1.84. The molecule has 0 saturated heterocycles. The third-order valence-corrected chi connectivity index (χ3v) is 3.45. The number of rotatable bonds is 1. The van der Waals surface area contributed by atoms with Crippen LogP contribution in [0.1, 0.15) is 0 Å². The van der Waals surface area contributed by atoms with Crippen LogP contribution in [-0.4, -0.2) is 19.6 Å². The van der Waals surface area contributed by atoms with Crippen molar-refractivity contribution in [2.75, 3.05) is 0 Å². The molecule has 4 aromatic rings. The third kappa shape index (κ3) is 1.54. The minimum atomic E-state index is 0.650. The summed E-state index contributed by atoms with van der Waals surface area (Å²) in [5.41, 5.74) is 3.69. The molecule has 0 aliphatic rings. The summed E-state index contributed by atoms with van der Waals surface area (Å²) in [6.07, 6.45) is 3.72. The van der Waals surface area contributed by atoms with Gasteiger partial charge in [-0.1, -0.05) is 23.7 Å². The van der Waals surface area contributed by atoms with Gasteiger partial charge in [0.2, 0.25) is 0 Å². The molecule has 5 heteroatoms. The Labute approximate surface area is 113 Å². The van der Waals surface area contributed by atoms with Crippen molar-refractivity contribution >= 4 is 28.2 Å². The molecule has 0 fully saturated rings. The summed E-state index contributed by atoms with van der Waals surface area (Å²) in [7, 11) is 0. The Bertz CT molecular complexity index is 891. The molecule has 3 heterocycles. The van der Waals surface area contributed by atoms with E-state index in [4.69, 9.17) is 11.6 Å². The van der Waals surface area contributed by atoms with Gasteiger partial charge in [-0.2, -0.15) is 5.10 Å². The minimum Gasteiger partial charge on any atom is -0.338 e. The molecular weight excluding hydrogens is 260 g/mol. The fourth-order valence-electron chi connectivity index (χ4n) is 2.24. The molecule has 0 bridgehead atoms. The van der Waals surface area contributed by atoms with Crippen molar-refractivity contribution in [3.8, 4) is 11.4 Å². The highest BCUT2D eigenvalue weighted by molar-refractivity contribution is 6.35. The van der Waals surface area contributed by atoms with E-state index in [1.54, 1.807) is 6.20 Å². The fourth-order valence-corrected chi connectivity index (χ4v) is 2.46. The Balaban J connectivity index is 2.02. The molecule has 1 aromatic carbocycles. The van der Waals surface area contributed by atoms with Crippen LogP contribution in [-0.2, 0) is 0 Å². The molecule has 0 radical (unpaired) electrons. The maximum atomic E-state index is 6.15. The molecule has 0 saturated carbocycles. The minimum absolute atomic E-state index is 0.650. The van der Waals surface area contributed by atoms with Gasteiger partial charge >= 0.3 is 0 Å². The number of H-pyrrole nitrogens is 1. The first-order valence-electron chi connectivity index (χ1n) is 5.90. The Morgan fingerprint density at radius 3 is 2.95 bits per heavy atom. The molecule has 3 aromatic heterocycles. The van der Waals surface area contributed by atoms with Crippen molar-refractivity contribution in [2.45, 2.75) is 0 Å². The maximum absolute atomic E-state index is 6.15. The molecular formula is C14H9ClN4. The predicted octanol–water partition coefficient (Wildman–Crippen LogP) is 3.53. The monoisotopic (exact) mass is 268 g/mol. The van der Waals surface area contributed by atoms with Crippen LogP contribution in [0.25, 0.3) is 27.9 Å². The van der Waals surface area contributed by atoms with E-state index in [0.29, 0.717) is 5.02 Å². The van der Waals surface area contributed by atoms with Gasteiger partial charge in [0.25, 0.3) is 0 Å². The first kappa shape index (κ1) is 10.6. The average Bonchev–Trinajstić information content (AvgIpc) is 3.02. The zero-order chi connectivity index (χ0) is 12.8. The van der Waals surface area contributed by atoms with Gasteiger partial charge in [0.15, 0.2) is 0 Å². The highest BCUT2D eigenvalue weighted by Gasteiger charge is 2.11. The van der Waals surface area contributed by atoms with E-state index in [0.717, 1.165) is 27.9 Å². The van der Waals surface area contributed by atoms with E-state index in [2.05, 4.69) is 15.1 Å². The molecule has 0 amide bonds. The molecule has 0 atom stereocenters. The first-order chi connectivity index (χ1) is 9.33. The van der Waals surface area contributed by atoms with Crippen LogP contribution in [0.15, 0.2) is 48.8 Å². The molecule has 0 aliphatic carbocycles. The number of hydrogen-bond acceptors (Lipinski definition) is 2. The normalized spacial score (nSPS) is 11.4. The molecule has 19 heavy (non-hydrogen) atoms. The summed E-state index contributed by atoms with van der Waals surface area (Å²) in [5, 5.41) is 4.96. The number of pyridine rings is 1. The molecule has 0 unspecified atom stereocenters. The number of nitrogens with one attached hydrogen (secondary N) is 1. The van der Waals surface area contributed by atoms with Gasteiger partial charge in [0, 0.05) is 6.20 Å². The SMILES string of the molecule is Clc1cccc2[nH]c(-c3cnn4ccccc34)nc12. The largest absolute Gasteiger partial charge is 0.338 e. The number of para-hydroxylation sites is 1. The number of nitrogens with zero attached hydrogens (tertiary/aromatic N) is 3. The van der Waals surface area contributed by atoms with E-state index in [-0.39, 0.29) is 0 Å². The van der Waals surface area contributed by atoms with E-state index in [1.807, 2.05) is 47.1 Å². The maximum Gasteiger partial charge on any atom is 0.142 e. The fraction of sp³-hybridized carbons (Fsp3) is 0. The van der Waals surface area contributed by atoms with Gasteiger partial charge in [-0.3, -0.25) is 0 Å². The first-order valence-corrected chi connectivity index (χ1v) is 6.28.